The van der Waals surface area contributed by atoms with Crippen LogP contribution in [0.25, 0.3) is 0 Å². The van der Waals surface area contributed by atoms with Gasteiger partial charge in [0.25, 0.3) is 0 Å². The molecule has 1 aromatic rings. The van der Waals surface area contributed by atoms with Crippen molar-refractivity contribution in [2.24, 2.45) is 7.05 Å². The van der Waals surface area contributed by atoms with E-state index >= 15 is 0 Å². The Morgan fingerprint density at radius 1 is 1.56 bits per heavy atom. The fourth-order valence-electron chi connectivity index (χ4n) is 1.73. The highest BCUT2D eigenvalue weighted by Crippen LogP contribution is 2.12. The van der Waals surface area contributed by atoms with Crippen molar-refractivity contribution in [3.8, 4) is 0 Å². The van der Waals surface area contributed by atoms with E-state index in [4.69, 9.17) is 4.74 Å². The van der Waals surface area contributed by atoms with E-state index in [0.29, 0.717) is 0 Å². The van der Waals surface area contributed by atoms with Crippen LogP contribution in [0.5, 0.6) is 0 Å². The number of nitrogens with one attached hydrogen (secondary N) is 1. The summed E-state index contributed by atoms with van der Waals surface area (Å²) in [4.78, 5) is 4.32. The number of ether oxygens (including phenoxy) is 1. The summed E-state index contributed by atoms with van der Waals surface area (Å²) >= 11 is 0. The summed E-state index contributed by atoms with van der Waals surface area (Å²) in [6.07, 6.45) is 3.78. The van der Waals surface area contributed by atoms with E-state index in [9.17, 15) is 0 Å². The first-order chi connectivity index (χ1) is 7.46. The van der Waals surface area contributed by atoms with Crippen LogP contribution in [0.3, 0.4) is 0 Å². The Morgan fingerprint density at radius 3 is 2.75 bits per heavy atom. The zero-order chi connectivity index (χ0) is 12.2. The van der Waals surface area contributed by atoms with Crippen LogP contribution >= 0.6 is 0 Å². The quantitative estimate of drug-likeness (QED) is 0.803. The van der Waals surface area contributed by atoms with E-state index in [1.807, 2.05) is 30.9 Å². The van der Waals surface area contributed by atoms with Gasteiger partial charge in [-0.25, -0.2) is 4.98 Å². The second-order valence-electron chi connectivity index (χ2n) is 4.69. The molecule has 4 heteroatoms. The van der Waals surface area contributed by atoms with Gasteiger partial charge in [-0.3, -0.25) is 0 Å². The molecule has 1 unspecified atom stereocenters. The van der Waals surface area contributed by atoms with Gasteiger partial charge in [-0.1, -0.05) is 0 Å². The summed E-state index contributed by atoms with van der Waals surface area (Å²) in [5.74, 6) is 1.05. The fourth-order valence-corrected chi connectivity index (χ4v) is 1.73. The summed E-state index contributed by atoms with van der Waals surface area (Å²) in [6.45, 7) is 9.87. The molecule has 0 aromatic carbocycles. The first-order valence-electron chi connectivity index (χ1n) is 5.81. The molecule has 1 atom stereocenters. The number of aromatic nitrogens is 2. The third kappa shape index (κ3) is 3.61. The van der Waals surface area contributed by atoms with E-state index in [1.165, 1.54) is 0 Å². The molecule has 1 N–H and O–H groups in total. The van der Waals surface area contributed by atoms with Gasteiger partial charge < -0.3 is 14.6 Å². The van der Waals surface area contributed by atoms with Gasteiger partial charge in [0.2, 0.25) is 0 Å². The average Bonchev–Trinajstić information content (AvgIpc) is 2.61. The highest BCUT2D eigenvalue weighted by molar-refractivity contribution is 4.97. The van der Waals surface area contributed by atoms with Crippen LogP contribution in [0.2, 0.25) is 0 Å². The minimum absolute atomic E-state index is 0.131. The molecule has 0 spiro atoms. The first kappa shape index (κ1) is 13.2. The smallest absolute Gasteiger partial charge is 0.125 e. The Balaban J connectivity index is 2.47. The summed E-state index contributed by atoms with van der Waals surface area (Å²) in [6, 6.07) is 0.236. The lowest BCUT2D eigenvalue weighted by Crippen LogP contribution is -2.39. The van der Waals surface area contributed by atoms with Crippen molar-refractivity contribution in [3.05, 3.63) is 18.2 Å². The maximum atomic E-state index is 5.64. The summed E-state index contributed by atoms with van der Waals surface area (Å²) in [5.41, 5.74) is -0.131. The Kier molecular flexibility index (Phi) is 4.50. The minimum Gasteiger partial charge on any atom is -0.375 e. The van der Waals surface area contributed by atoms with Crippen molar-refractivity contribution in [2.45, 2.75) is 39.3 Å². The maximum absolute atomic E-state index is 5.64. The molecule has 4 nitrogen and oxygen atoms in total. The van der Waals surface area contributed by atoms with Gasteiger partial charge >= 0.3 is 0 Å². The highest BCUT2D eigenvalue weighted by atomic mass is 16.5. The molecule has 1 heterocycles. The van der Waals surface area contributed by atoms with E-state index in [1.54, 1.807) is 0 Å². The van der Waals surface area contributed by atoms with Crippen LogP contribution in [0.4, 0.5) is 0 Å². The molecule has 0 aliphatic carbocycles. The van der Waals surface area contributed by atoms with Gasteiger partial charge in [-0.15, -0.1) is 0 Å². The SMILES string of the molecule is CCOC(C)(C)CNC(C)c1nccn1C. The molecule has 0 saturated heterocycles. The van der Waals surface area contributed by atoms with Gasteiger partial charge in [0.15, 0.2) is 0 Å². The minimum atomic E-state index is -0.131. The number of aryl methyl sites for hydroxylation is 1. The van der Waals surface area contributed by atoms with Crippen molar-refractivity contribution in [3.63, 3.8) is 0 Å². The van der Waals surface area contributed by atoms with E-state index in [-0.39, 0.29) is 11.6 Å². The molecule has 0 radical (unpaired) electrons. The lowest BCUT2D eigenvalue weighted by Gasteiger charge is -2.27. The summed E-state index contributed by atoms with van der Waals surface area (Å²) in [7, 11) is 2.01. The van der Waals surface area contributed by atoms with Crippen LogP contribution < -0.4 is 5.32 Å². The van der Waals surface area contributed by atoms with E-state index in [0.717, 1.165) is 19.0 Å². The second kappa shape index (κ2) is 5.46. The topological polar surface area (TPSA) is 39.1 Å². The Labute approximate surface area is 98.0 Å². The van der Waals surface area contributed by atoms with E-state index in [2.05, 4.69) is 31.1 Å². The van der Waals surface area contributed by atoms with E-state index < -0.39 is 0 Å². The van der Waals surface area contributed by atoms with Crippen LogP contribution in [-0.2, 0) is 11.8 Å². The normalized spacial score (nSPS) is 14.1. The molecular formula is C12H23N3O. The number of hydrogen-bond donors (Lipinski definition) is 1. The fraction of sp³-hybridized carbons (Fsp3) is 0.750. The summed E-state index contributed by atoms with van der Waals surface area (Å²) in [5, 5.41) is 3.44. The average molecular weight is 225 g/mol. The molecule has 0 bridgehead atoms. The first-order valence-corrected chi connectivity index (χ1v) is 5.81. The summed E-state index contributed by atoms with van der Waals surface area (Å²) < 4.78 is 7.67. The number of rotatable bonds is 6. The zero-order valence-electron chi connectivity index (χ0n) is 10.9. The van der Waals surface area contributed by atoms with Gasteiger partial charge in [0.05, 0.1) is 11.6 Å². The largest absolute Gasteiger partial charge is 0.375 e. The lowest BCUT2D eigenvalue weighted by atomic mass is 10.1. The van der Waals surface area contributed by atoms with Crippen molar-refractivity contribution in [1.29, 1.82) is 0 Å². The van der Waals surface area contributed by atoms with Gasteiger partial charge in [0.1, 0.15) is 5.82 Å². The molecule has 1 rings (SSSR count). The number of imidazole rings is 1. The molecule has 0 fully saturated rings. The number of hydrogen-bond acceptors (Lipinski definition) is 3. The number of nitrogens with zero attached hydrogens (tertiary/aromatic N) is 2. The Hall–Kier alpha value is -0.870. The monoisotopic (exact) mass is 225 g/mol. The predicted octanol–water partition coefficient (Wildman–Crippen LogP) is 1.89. The molecule has 92 valence electrons. The second-order valence-corrected chi connectivity index (χ2v) is 4.69. The molecule has 1 aromatic heterocycles. The molecular weight excluding hydrogens is 202 g/mol. The zero-order valence-corrected chi connectivity index (χ0v) is 10.9. The highest BCUT2D eigenvalue weighted by Gasteiger charge is 2.19. The van der Waals surface area contributed by atoms with Crippen molar-refractivity contribution < 1.29 is 4.74 Å². The van der Waals surface area contributed by atoms with Crippen LogP contribution in [0.1, 0.15) is 39.6 Å². The van der Waals surface area contributed by atoms with Gasteiger partial charge in [-0.2, -0.15) is 0 Å². The van der Waals surface area contributed by atoms with Gasteiger partial charge in [0, 0.05) is 32.6 Å². The maximum Gasteiger partial charge on any atom is 0.125 e. The van der Waals surface area contributed by atoms with Crippen molar-refractivity contribution in [1.82, 2.24) is 14.9 Å². The predicted molar refractivity (Wildman–Crippen MR) is 65.3 cm³/mol. The molecule has 0 aliphatic heterocycles. The van der Waals surface area contributed by atoms with Crippen LogP contribution in [0, 0.1) is 0 Å². The molecule has 0 amide bonds. The van der Waals surface area contributed by atoms with Crippen LogP contribution in [0.15, 0.2) is 12.4 Å². The van der Waals surface area contributed by atoms with Crippen molar-refractivity contribution >= 4 is 0 Å². The van der Waals surface area contributed by atoms with Crippen LogP contribution in [-0.4, -0.2) is 28.3 Å². The molecule has 16 heavy (non-hydrogen) atoms. The third-order valence-corrected chi connectivity index (χ3v) is 2.61. The lowest BCUT2D eigenvalue weighted by molar-refractivity contribution is -0.0105. The Morgan fingerprint density at radius 2 is 2.25 bits per heavy atom. The standard InChI is InChI=1S/C12H23N3O/c1-6-16-12(3,4)9-14-10(2)11-13-7-8-15(11)5/h7-8,10,14H,6,9H2,1-5H3. The molecule has 0 aliphatic rings. The van der Waals surface area contributed by atoms with Crippen molar-refractivity contribution in [2.75, 3.05) is 13.2 Å². The Bertz CT molecular complexity index is 320. The van der Waals surface area contributed by atoms with Gasteiger partial charge in [-0.05, 0) is 27.7 Å². The third-order valence-electron chi connectivity index (χ3n) is 2.61. The molecule has 0 saturated carbocycles.